The van der Waals surface area contributed by atoms with Gasteiger partial charge in [-0.1, -0.05) is 60.2 Å². The lowest BCUT2D eigenvalue weighted by Crippen LogP contribution is -1.82. The number of fused-ring (bicyclic) bond motifs is 1. The van der Waals surface area contributed by atoms with Crippen molar-refractivity contribution >= 4 is 34.5 Å². The standard InChI is InChI=1S/C19H15ClO/c1-21-18-11-10-16-12-14(7-9-17(16)13-18)6-8-15-4-2-3-5-19(15)20/h2-13H,1H3/b8-6-. The van der Waals surface area contributed by atoms with Gasteiger partial charge in [0.2, 0.25) is 0 Å². The first kappa shape index (κ1) is 13.7. The van der Waals surface area contributed by atoms with Crippen molar-refractivity contribution in [2.75, 3.05) is 7.11 Å². The summed E-state index contributed by atoms with van der Waals surface area (Å²) < 4.78 is 5.24. The van der Waals surface area contributed by atoms with Gasteiger partial charge in [0.25, 0.3) is 0 Å². The lowest BCUT2D eigenvalue weighted by Gasteiger charge is -2.03. The van der Waals surface area contributed by atoms with Gasteiger partial charge in [-0.05, 0) is 46.2 Å². The third kappa shape index (κ3) is 3.09. The van der Waals surface area contributed by atoms with Crippen molar-refractivity contribution in [3.05, 3.63) is 76.8 Å². The molecule has 3 aromatic carbocycles. The molecule has 3 aromatic rings. The van der Waals surface area contributed by atoms with Crippen molar-refractivity contribution in [2.45, 2.75) is 0 Å². The summed E-state index contributed by atoms with van der Waals surface area (Å²) in [4.78, 5) is 0. The first-order valence-corrected chi connectivity index (χ1v) is 7.14. The van der Waals surface area contributed by atoms with Crippen molar-refractivity contribution in [3.8, 4) is 5.75 Å². The SMILES string of the molecule is COc1ccc2cc(/C=C\c3ccccc3Cl)ccc2c1. The predicted octanol–water partition coefficient (Wildman–Crippen LogP) is 5.67. The fourth-order valence-corrected chi connectivity index (χ4v) is 2.47. The van der Waals surface area contributed by atoms with Crippen LogP contribution in [-0.4, -0.2) is 7.11 Å². The van der Waals surface area contributed by atoms with Crippen LogP contribution in [0.4, 0.5) is 0 Å². The maximum absolute atomic E-state index is 6.15. The van der Waals surface area contributed by atoms with E-state index in [-0.39, 0.29) is 0 Å². The summed E-state index contributed by atoms with van der Waals surface area (Å²) in [5.74, 6) is 0.877. The third-order valence-corrected chi connectivity index (χ3v) is 3.78. The number of halogens is 1. The molecule has 0 amide bonds. The molecule has 21 heavy (non-hydrogen) atoms. The Morgan fingerprint density at radius 3 is 2.43 bits per heavy atom. The molecule has 0 unspecified atom stereocenters. The Morgan fingerprint density at radius 2 is 1.62 bits per heavy atom. The summed E-state index contributed by atoms with van der Waals surface area (Å²) in [6.07, 6.45) is 4.11. The van der Waals surface area contributed by atoms with Crippen LogP contribution in [0.5, 0.6) is 5.75 Å². The minimum Gasteiger partial charge on any atom is -0.497 e. The lowest BCUT2D eigenvalue weighted by atomic mass is 10.1. The van der Waals surface area contributed by atoms with Crippen LogP contribution in [0.2, 0.25) is 5.02 Å². The summed E-state index contributed by atoms with van der Waals surface area (Å²) in [6, 6.07) is 20.3. The molecule has 2 heteroatoms. The van der Waals surface area contributed by atoms with Gasteiger partial charge in [-0.2, -0.15) is 0 Å². The fourth-order valence-electron chi connectivity index (χ4n) is 2.27. The van der Waals surface area contributed by atoms with Crippen molar-refractivity contribution in [3.63, 3.8) is 0 Å². The van der Waals surface area contributed by atoms with Crippen LogP contribution in [0.15, 0.2) is 60.7 Å². The van der Waals surface area contributed by atoms with Gasteiger partial charge in [-0.25, -0.2) is 0 Å². The first-order chi connectivity index (χ1) is 10.3. The molecule has 104 valence electrons. The molecule has 0 aromatic heterocycles. The second kappa shape index (κ2) is 6.02. The Kier molecular flexibility index (Phi) is 3.94. The highest BCUT2D eigenvalue weighted by Gasteiger charge is 1.98. The summed E-state index contributed by atoms with van der Waals surface area (Å²) in [5.41, 5.74) is 2.17. The second-order valence-electron chi connectivity index (χ2n) is 4.83. The maximum Gasteiger partial charge on any atom is 0.119 e. The molecule has 0 aliphatic carbocycles. The molecule has 0 saturated carbocycles. The molecule has 0 heterocycles. The molecule has 0 bridgehead atoms. The molecule has 0 aliphatic rings. The minimum absolute atomic E-state index is 0.763. The van der Waals surface area contributed by atoms with Crippen molar-refractivity contribution < 1.29 is 4.74 Å². The average Bonchev–Trinajstić information content (AvgIpc) is 2.53. The van der Waals surface area contributed by atoms with Gasteiger partial charge in [0, 0.05) is 5.02 Å². The molecule has 0 spiro atoms. The Labute approximate surface area is 129 Å². The highest BCUT2D eigenvalue weighted by Crippen LogP contribution is 2.23. The van der Waals surface area contributed by atoms with Crippen molar-refractivity contribution in [1.29, 1.82) is 0 Å². The number of hydrogen-bond donors (Lipinski definition) is 0. The zero-order valence-corrected chi connectivity index (χ0v) is 12.5. The van der Waals surface area contributed by atoms with E-state index in [0.717, 1.165) is 21.9 Å². The third-order valence-electron chi connectivity index (χ3n) is 3.43. The molecule has 0 aliphatic heterocycles. The van der Waals surface area contributed by atoms with Crippen LogP contribution in [0.1, 0.15) is 11.1 Å². The highest BCUT2D eigenvalue weighted by atomic mass is 35.5. The Morgan fingerprint density at radius 1 is 0.857 bits per heavy atom. The molecule has 0 atom stereocenters. The quantitative estimate of drug-likeness (QED) is 0.565. The summed E-state index contributed by atoms with van der Waals surface area (Å²) >= 11 is 6.15. The van der Waals surface area contributed by atoms with E-state index in [0.29, 0.717) is 0 Å². The van der Waals surface area contributed by atoms with Gasteiger partial charge in [-0.15, -0.1) is 0 Å². The van der Waals surface area contributed by atoms with E-state index >= 15 is 0 Å². The molecule has 0 fully saturated rings. The zero-order valence-electron chi connectivity index (χ0n) is 11.7. The highest BCUT2D eigenvalue weighted by molar-refractivity contribution is 6.32. The smallest absolute Gasteiger partial charge is 0.119 e. The first-order valence-electron chi connectivity index (χ1n) is 6.77. The Hall–Kier alpha value is -2.25. The second-order valence-corrected chi connectivity index (χ2v) is 5.23. The van der Waals surface area contributed by atoms with E-state index in [1.54, 1.807) is 7.11 Å². The zero-order chi connectivity index (χ0) is 14.7. The molecule has 0 radical (unpaired) electrons. The Bertz CT molecular complexity index is 806. The van der Waals surface area contributed by atoms with Gasteiger partial charge >= 0.3 is 0 Å². The predicted molar refractivity (Wildman–Crippen MR) is 90.9 cm³/mol. The van der Waals surface area contributed by atoms with Crippen molar-refractivity contribution in [2.24, 2.45) is 0 Å². The molecular formula is C19H15ClO. The van der Waals surface area contributed by atoms with Gasteiger partial charge in [0.05, 0.1) is 7.11 Å². The normalized spacial score (nSPS) is 11.1. The summed E-state index contributed by atoms with van der Waals surface area (Å²) in [6.45, 7) is 0. The van der Waals surface area contributed by atoms with Gasteiger partial charge < -0.3 is 4.74 Å². The van der Waals surface area contributed by atoms with Crippen LogP contribution in [-0.2, 0) is 0 Å². The average molecular weight is 295 g/mol. The number of benzene rings is 3. The molecule has 0 N–H and O–H groups in total. The number of hydrogen-bond acceptors (Lipinski definition) is 1. The number of rotatable bonds is 3. The molecule has 1 nitrogen and oxygen atoms in total. The van der Waals surface area contributed by atoms with Crippen LogP contribution < -0.4 is 4.74 Å². The van der Waals surface area contributed by atoms with Crippen LogP contribution in [0.3, 0.4) is 0 Å². The number of ether oxygens (including phenoxy) is 1. The van der Waals surface area contributed by atoms with E-state index in [1.807, 2.05) is 42.5 Å². The minimum atomic E-state index is 0.763. The van der Waals surface area contributed by atoms with Gasteiger partial charge in [0.1, 0.15) is 5.75 Å². The van der Waals surface area contributed by atoms with E-state index < -0.39 is 0 Å². The summed E-state index contributed by atoms with van der Waals surface area (Å²) in [7, 11) is 1.68. The molecule has 3 rings (SSSR count). The van der Waals surface area contributed by atoms with E-state index in [1.165, 1.54) is 10.8 Å². The topological polar surface area (TPSA) is 9.23 Å². The van der Waals surface area contributed by atoms with E-state index in [9.17, 15) is 0 Å². The van der Waals surface area contributed by atoms with Gasteiger partial charge in [-0.3, -0.25) is 0 Å². The molecular weight excluding hydrogens is 280 g/mol. The number of methoxy groups -OCH3 is 1. The van der Waals surface area contributed by atoms with Gasteiger partial charge in [0.15, 0.2) is 0 Å². The van der Waals surface area contributed by atoms with Crippen LogP contribution in [0.25, 0.3) is 22.9 Å². The van der Waals surface area contributed by atoms with Crippen LogP contribution in [0, 0.1) is 0 Å². The largest absolute Gasteiger partial charge is 0.497 e. The lowest BCUT2D eigenvalue weighted by molar-refractivity contribution is 0.415. The van der Waals surface area contributed by atoms with E-state index in [2.05, 4.69) is 30.3 Å². The summed E-state index contributed by atoms with van der Waals surface area (Å²) in [5, 5.41) is 3.13. The van der Waals surface area contributed by atoms with Crippen LogP contribution >= 0.6 is 11.6 Å². The van der Waals surface area contributed by atoms with Crippen molar-refractivity contribution in [1.82, 2.24) is 0 Å². The molecule has 0 saturated heterocycles. The fraction of sp³-hybridized carbons (Fsp3) is 0.0526. The van der Waals surface area contributed by atoms with E-state index in [4.69, 9.17) is 16.3 Å². The maximum atomic E-state index is 6.15. The monoisotopic (exact) mass is 294 g/mol. The Balaban J connectivity index is 1.93.